The first-order valence-corrected chi connectivity index (χ1v) is 16.6. The minimum atomic E-state index is -3.82. The zero-order valence-corrected chi connectivity index (χ0v) is 25.0. The lowest BCUT2D eigenvalue weighted by molar-refractivity contribution is -0.140. The Morgan fingerprint density at radius 2 is 1.86 bits per heavy atom. The van der Waals surface area contributed by atoms with E-state index >= 15 is 0 Å². The fraction of sp³-hybridized carbons (Fsp3) is 0.600. The Bertz CT molecular complexity index is 1440. The molecule has 0 bridgehead atoms. The highest BCUT2D eigenvalue weighted by atomic mass is 32.2. The quantitative estimate of drug-likeness (QED) is 0.490. The summed E-state index contributed by atoms with van der Waals surface area (Å²) in [4.78, 5) is 57.3. The number of amides is 4. The Morgan fingerprint density at radius 3 is 2.65 bits per heavy atom. The predicted octanol–water partition coefficient (Wildman–Crippen LogP) is 2.10. The molecule has 5 aliphatic rings. The molecule has 6 rings (SSSR count). The summed E-state index contributed by atoms with van der Waals surface area (Å²) >= 11 is 0. The number of anilines is 1. The van der Waals surface area contributed by atoms with E-state index in [0.29, 0.717) is 44.0 Å². The molecule has 2 heterocycles. The zero-order chi connectivity index (χ0) is 30.4. The van der Waals surface area contributed by atoms with E-state index in [-0.39, 0.29) is 31.1 Å². The number of carbonyl (C=O) groups excluding carboxylic acids is 4. The topological polar surface area (TPSA) is 151 Å². The van der Waals surface area contributed by atoms with E-state index < -0.39 is 56.7 Å². The van der Waals surface area contributed by atoms with Gasteiger partial charge in [-0.1, -0.05) is 24.3 Å². The van der Waals surface area contributed by atoms with Crippen LogP contribution in [0.1, 0.15) is 51.4 Å². The van der Waals surface area contributed by atoms with Crippen LogP contribution >= 0.6 is 0 Å². The number of sulfonamides is 1. The number of fused-ring (bicyclic) bond motifs is 3. The predicted molar refractivity (Wildman–Crippen MR) is 155 cm³/mol. The summed E-state index contributed by atoms with van der Waals surface area (Å²) in [5.41, 5.74) is -0.823. The lowest BCUT2D eigenvalue weighted by atomic mass is 9.93. The van der Waals surface area contributed by atoms with Gasteiger partial charge in [-0.3, -0.25) is 24.0 Å². The van der Waals surface area contributed by atoms with Crippen molar-refractivity contribution in [2.75, 3.05) is 31.6 Å². The van der Waals surface area contributed by atoms with E-state index in [4.69, 9.17) is 9.47 Å². The van der Waals surface area contributed by atoms with E-state index in [1.54, 1.807) is 30.1 Å². The van der Waals surface area contributed by atoms with Gasteiger partial charge in [-0.25, -0.2) is 13.2 Å². The van der Waals surface area contributed by atoms with Gasteiger partial charge in [0.25, 0.3) is 5.91 Å². The first-order valence-electron chi connectivity index (χ1n) is 15.1. The third-order valence-corrected chi connectivity index (χ3v) is 11.0. The van der Waals surface area contributed by atoms with Crippen LogP contribution in [0.5, 0.6) is 5.75 Å². The minimum Gasteiger partial charge on any atom is -0.490 e. The van der Waals surface area contributed by atoms with Gasteiger partial charge < -0.3 is 19.7 Å². The largest absolute Gasteiger partial charge is 0.490 e. The van der Waals surface area contributed by atoms with Crippen molar-refractivity contribution in [1.29, 1.82) is 0 Å². The molecule has 0 aromatic heterocycles. The van der Waals surface area contributed by atoms with Crippen molar-refractivity contribution in [2.45, 2.75) is 68.3 Å². The van der Waals surface area contributed by atoms with Crippen LogP contribution < -0.4 is 19.7 Å². The number of allylic oxidation sites excluding steroid dienone is 1. The van der Waals surface area contributed by atoms with Crippen LogP contribution in [0, 0.1) is 17.8 Å². The van der Waals surface area contributed by atoms with E-state index in [1.807, 2.05) is 18.2 Å². The molecule has 3 aliphatic carbocycles. The average molecular weight is 615 g/mol. The third kappa shape index (κ3) is 5.96. The normalized spacial score (nSPS) is 31.7. The minimum absolute atomic E-state index is 0.104. The van der Waals surface area contributed by atoms with E-state index in [2.05, 4.69) is 10.0 Å². The van der Waals surface area contributed by atoms with Gasteiger partial charge in [0.05, 0.1) is 29.3 Å². The Morgan fingerprint density at radius 1 is 1.09 bits per heavy atom. The molecule has 232 valence electrons. The molecule has 0 radical (unpaired) electrons. The first-order chi connectivity index (χ1) is 20.6. The molecule has 4 amide bonds. The van der Waals surface area contributed by atoms with Crippen molar-refractivity contribution in [3.63, 3.8) is 0 Å². The Kier molecular flexibility index (Phi) is 7.86. The van der Waals surface area contributed by atoms with Crippen molar-refractivity contribution in [2.24, 2.45) is 17.8 Å². The maximum atomic E-state index is 13.9. The molecule has 0 spiro atoms. The molecule has 3 fully saturated rings. The van der Waals surface area contributed by atoms with Crippen molar-refractivity contribution in [3.05, 3.63) is 36.4 Å². The molecule has 1 aromatic carbocycles. The Labute approximate surface area is 251 Å². The molecule has 5 atom stereocenters. The number of para-hydroxylation sites is 2. The third-order valence-electron chi connectivity index (χ3n) is 9.21. The van der Waals surface area contributed by atoms with Crippen molar-refractivity contribution in [3.8, 4) is 5.75 Å². The van der Waals surface area contributed by atoms with Gasteiger partial charge in [0.2, 0.25) is 21.8 Å². The summed E-state index contributed by atoms with van der Waals surface area (Å²) in [6.07, 6.45) is 6.41. The highest BCUT2D eigenvalue weighted by molar-refractivity contribution is 7.91. The highest BCUT2D eigenvalue weighted by Gasteiger charge is 2.62. The molecular formula is C30H38N4O8S. The second-order valence-corrected chi connectivity index (χ2v) is 14.2. The SMILES string of the molecule is CN1CCCC/C=C/C2CC2(C(=O)NS(=O)(=O)C2CC2)NC(=O)C2CC(OC(=O)N3CCOc4ccccc43)CC2C1=O. The number of carbonyl (C=O) groups is 4. The van der Waals surface area contributed by atoms with Gasteiger partial charge in [0.1, 0.15) is 24.0 Å². The van der Waals surface area contributed by atoms with Crippen LogP contribution in [0.3, 0.4) is 0 Å². The van der Waals surface area contributed by atoms with Gasteiger partial charge >= 0.3 is 6.09 Å². The summed E-state index contributed by atoms with van der Waals surface area (Å²) in [5, 5.41) is 2.27. The molecule has 12 nitrogen and oxygen atoms in total. The van der Waals surface area contributed by atoms with Crippen molar-refractivity contribution < 1.29 is 37.1 Å². The van der Waals surface area contributed by atoms with Crippen LogP contribution in [0.15, 0.2) is 36.4 Å². The molecular weight excluding hydrogens is 576 g/mol. The summed E-state index contributed by atoms with van der Waals surface area (Å²) in [6, 6.07) is 7.15. The first kappa shape index (κ1) is 29.5. The number of hydrogen-bond donors (Lipinski definition) is 2. The van der Waals surface area contributed by atoms with Gasteiger partial charge in [0.15, 0.2) is 0 Å². The van der Waals surface area contributed by atoms with Crippen molar-refractivity contribution >= 4 is 39.5 Å². The van der Waals surface area contributed by atoms with Crippen LogP contribution in [0.2, 0.25) is 0 Å². The molecule has 5 unspecified atom stereocenters. The fourth-order valence-corrected chi connectivity index (χ4v) is 7.82. The summed E-state index contributed by atoms with van der Waals surface area (Å²) in [6.45, 7) is 1.14. The molecule has 0 saturated heterocycles. The summed E-state index contributed by atoms with van der Waals surface area (Å²) in [7, 11) is -2.11. The smallest absolute Gasteiger partial charge is 0.414 e. The fourth-order valence-electron chi connectivity index (χ4n) is 6.46. The van der Waals surface area contributed by atoms with Crippen LogP contribution in [-0.2, 0) is 29.1 Å². The van der Waals surface area contributed by atoms with Gasteiger partial charge in [-0.15, -0.1) is 0 Å². The highest BCUT2D eigenvalue weighted by Crippen LogP contribution is 2.47. The van der Waals surface area contributed by atoms with Crippen LogP contribution in [0.25, 0.3) is 0 Å². The molecule has 13 heteroatoms. The zero-order valence-electron chi connectivity index (χ0n) is 24.2. The second kappa shape index (κ2) is 11.5. The molecule has 2 N–H and O–H groups in total. The van der Waals surface area contributed by atoms with Crippen LogP contribution in [0.4, 0.5) is 10.5 Å². The van der Waals surface area contributed by atoms with E-state index in [9.17, 15) is 27.6 Å². The van der Waals surface area contributed by atoms with Gasteiger partial charge in [0, 0.05) is 19.5 Å². The van der Waals surface area contributed by atoms with Crippen molar-refractivity contribution in [1.82, 2.24) is 14.9 Å². The van der Waals surface area contributed by atoms with Gasteiger partial charge in [-0.05, 0) is 63.5 Å². The average Bonchev–Trinajstić information content (AvgIpc) is 3.91. The monoisotopic (exact) mass is 614 g/mol. The molecule has 43 heavy (non-hydrogen) atoms. The molecule has 3 saturated carbocycles. The van der Waals surface area contributed by atoms with Gasteiger partial charge in [-0.2, -0.15) is 0 Å². The molecule has 2 aliphatic heterocycles. The lowest BCUT2D eigenvalue weighted by Gasteiger charge is -2.29. The van der Waals surface area contributed by atoms with E-state index in [0.717, 1.165) is 19.3 Å². The number of hydrogen-bond acceptors (Lipinski definition) is 8. The number of rotatable bonds is 4. The van der Waals surface area contributed by atoms with Crippen LogP contribution in [-0.4, -0.2) is 80.8 Å². The second-order valence-electron chi connectivity index (χ2n) is 12.3. The Hall–Kier alpha value is -3.61. The maximum Gasteiger partial charge on any atom is 0.414 e. The number of nitrogens with zero attached hydrogens (tertiary/aromatic N) is 2. The lowest BCUT2D eigenvalue weighted by Crippen LogP contribution is -2.54. The standard InChI is InChI=1S/C30H38N4O8S/c1-33-13-7-3-2-4-8-19-18-30(19,28(37)32-43(39,40)21-11-12-21)31-26(35)22-16-20(17-23(22)27(33)36)42-29(38)34-14-15-41-25-10-6-5-9-24(25)34/h4-6,8-10,19-23H,2-3,7,11-18H2,1H3,(H,31,35)(H,32,37)/b8-4+. The summed E-state index contributed by atoms with van der Waals surface area (Å²) < 4.78 is 38.9. The number of benzene rings is 1. The number of ether oxygens (including phenoxy) is 2. The Balaban J connectivity index is 1.22. The molecule has 1 aromatic rings. The van der Waals surface area contributed by atoms with E-state index in [1.165, 1.54) is 4.90 Å². The maximum absolute atomic E-state index is 13.9. The number of nitrogens with one attached hydrogen (secondary N) is 2. The summed E-state index contributed by atoms with van der Waals surface area (Å²) in [5.74, 6) is -2.89.